The number of aliphatic carboxylic acids is 2. The Labute approximate surface area is 155 Å². The third kappa shape index (κ3) is 6.33. The summed E-state index contributed by atoms with van der Waals surface area (Å²) in [6.45, 7) is -1.95. The van der Waals surface area contributed by atoms with Gasteiger partial charge in [-0.3, -0.25) is 14.9 Å². The second-order valence-electron chi connectivity index (χ2n) is 6.60. The minimum absolute atomic E-state index is 0.153. The fraction of sp³-hybridized carbons (Fsp3) is 0.867. The van der Waals surface area contributed by atoms with Gasteiger partial charge < -0.3 is 46.2 Å². The van der Waals surface area contributed by atoms with Crippen molar-refractivity contribution in [2.75, 3.05) is 19.8 Å². The van der Waals surface area contributed by atoms with Crippen molar-refractivity contribution in [2.24, 2.45) is 5.92 Å². The molecule has 2 unspecified atom stereocenters. The molecule has 10 N–H and O–H groups in total. The number of aliphatic hydroxyl groups is 6. The van der Waals surface area contributed by atoms with Crippen LogP contribution in [0.1, 0.15) is 12.8 Å². The first-order valence-electron chi connectivity index (χ1n) is 8.51. The minimum atomic E-state index is -1.53. The zero-order chi connectivity index (χ0) is 20.7. The summed E-state index contributed by atoms with van der Waals surface area (Å²) in [5.41, 5.74) is 0. The molecule has 0 bridgehead atoms. The van der Waals surface area contributed by atoms with Gasteiger partial charge in [0.05, 0.1) is 62.3 Å². The molecule has 12 nitrogen and oxygen atoms in total. The average Bonchev–Trinajstić information content (AvgIpc) is 2.60. The van der Waals surface area contributed by atoms with Crippen molar-refractivity contribution in [1.29, 1.82) is 0 Å². The molecule has 0 aliphatic heterocycles. The first-order chi connectivity index (χ1) is 12.6. The predicted octanol–water partition coefficient (Wildman–Crippen LogP) is -4.72. The van der Waals surface area contributed by atoms with Crippen molar-refractivity contribution in [3.05, 3.63) is 0 Å². The van der Waals surface area contributed by atoms with Gasteiger partial charge in [-0.2, -0.15) is 0 Å². The quantitative estimate of drug-likeness (QED) is 0.159. The van der Waals surface area contributed by atoms with Gasteiger partial charge in [0.15, 0.2) is 0 Å². The molecular formula is C15H28N2O10. The number of carbonyl (C=O) groups is 2. The predicted molar refractivity (Wildman–Crippen MR) is 88.7 cm³/mol. The average molecular weight is 396 g/mol. The van der Waals surface area contributed by atoms with E-state index < -0.39 is 80.2 Å². The van der Waals surface area contributed by atoms with Crippen LogP contribution < -0.4 is 10.6 Å². The van der Waals surface area contributed by atoms with Crippen molar-refractivity contribution in [2.45, 2.75) is 55.4 Å². The van der Waals surface area contributed by atoms with Crippen LogP contribution in [0.2, 0.25) is 0 Å². The van der Waals surface area contributed by atoms with Crippen LogP contribution in [-0.4, -0.2) is 115 Å². The largest absolute Gasteiger partial charge is 0.481 e. The maximum Gasteiger partial charge on any atom is 0.317 e. The fourth-order valence-electron chi connectivity index (χ4n) is 3.30. The molecule has 0 aromatic carbocycles. The van der Waals surface area contributed by atoms with Crippen LogP contribution >= 0.6 is 0 Å². The van der Waals surface area contributed by atoms with Crippen LogP contribution in [0.15, 0.2) is 0 Å². The van der Waals surface area contributed by atoms with Crippen LogP contribution in [0.3, 0.4) is 0 Å². The zero-order valence-electron chi connectivity index (χ0n) is 14.5. The summed E-state index contributed by atoms with van der Waals surface area (Å²) in [7, 11) is 0. The number of rotatable bonds is 11. The second kappa shape index (κ2) is 10.8. The summed E-state index contributed by atoms with van der Waals surface area (Å²) >= 11 is 0. The van der Waals surface area contributed by atoms with Gasteiger partial charge in [0.1, 0.15) is 0 Å². The lowest BCUT2D eigenvalue weighted by atomic mass is 9.73. The minimum Gasteiger partial charge on any atom is -0.481 e. The van der Waals surface area contributed by atoms with E-state index in [4.69, 9.17) is 15.3 Å². The van der Waals surface area contributed by atoms with Gasteiger partial charge in [-0.25, -0.2) is 0 Å². The van der Waals surface area contributed by atoms with Crippen molar-refractivity contribution in [3.63, 3.8) is 0 Å². The first-order valence-corrected chi connectivity index (χ1v) is 8.51. The molecule has 1 saturated carbocycles. The van der Waals surface area contributed by atoms with E-state index in [0.717, 1.165) is 0 Å². The molecule has 0 aromatic rings. The van der Waals surface area contributed by atoms with Crippen molar-refractivity contribution in [3.8, 4) is 0 Å². The molecule has 0 aromatic heterocycles. The molecule has 0 radical (unpaired) electrons. The van der Waals surface area contributed by atoms with Gasteiger partial charge in [-0.15, -0.1) is 0 Å². The summed E-state index contributed by atoms with van der Waals surface area (Å²) in [6, 6.07) is -3.58. The summed E-state index contributed by atoms with van der Waals surface area (Å²) in [4.78, 5) is 21.6. The van der Waals surface area contributed by atoms with Crippen LogP contribution in [0, 0.1) is 5.92 Å². The molecule has 0 amide bonds. The lowest BCUT2D eigenvalue weighted by Crippen LogP contribution is -2.71. The van der Waals surface area contributed by atoms with E-state index in [-0.39, 0.29) is 12.8 Å². The van der Waals surface area contributed by atoms with Crippen molar-refractivity contribution < 1.29 is 50.4 Å². The van der Waals surface area contributed by atoms with Gasteiger partial charge >= 0.3 is 11.9 Å². The number of carboxylic acid groups (broad SMARTS) is 2. The van der Waals surface area contributed by atoms with Crippen LogP contribution in [0.25, 0.3) is 0 Å². The number of carboxylic acids is 2. The highest BCUT2D eigenvalue weighted by atomic mass is 16.4. The zero-order valence-corrected chi connectivity index (χ0v) is 14.5. The summed E-state index contributed by atoms with van der Waals surface area (Å²) < 4.78 is 0. The lowest BCUT2D eigenvalue weighted by molar-refractivity contribution is -0.142. The van der Waals surface area contributed by atoms with Gasteiger partial charge in [-0.05, 0) is 6.42 Å². The molecule has 0 heterocycles. The number of nitrogens with one attached hydrogen (secondary N) is 2. The summed E-state index contributed by atoms with van der Waals surface area (Å²) in [5.74, 6) is -3.45. The Hall–Kier alpha value is -1.38. The van der Waals surface area contributed by atoms with Crippen molar-refractivity contribution in [1.82, 2.24) is 10.6 Å². The Morgan fingerprint density at radius 3 is 1.96 bits per heavy atom. The molecule has 8 atom stereocenters. The molecule has 12 heteroatoms. The van der Waals surface area contributed by atoms with E-state index in [1.807, 2.05) is 0 Å². The topological polar surface area (TPSA) is 220 Å². The standard InChI is InChI=1S/C15H28N2O10/c18-4-7(8(20)5-19)17-12-14(26)6(1-2-9(21)22)13(25)11(15(12)27)16-3-10(23)24/h6-8,11-20,25-27H,1-5H2,(H,21,22)(H,23,24)/t6-,7?,8?,11+,12-,13+,14-,15+/m0/s1. The molecular weight excluding hydrogens is 368 g/mol. The first kappa shape index (κ1) is 23.7. The van der Waals surface area contributed by atoms with E-state index in [1.54, 1.807) is 0 Å². The molecule has 1 aliphatic carbocycles. The smallest absolute Gasteiger partial charge is 0.317 e. The molecule has 158 valence electrons. The Balaban J connectivity index is 3.05. The van der Waals surface area contributed by atoms with E-state index in [1.165, 1.54) is 0 Å². The van der Waals surface area contributed by atoms with E-state index >= 15 is 0 Å². The molecule has 0 saturated heterocycles. The second-order valence-corrected chi connectivity index (χ2v) is 6.60. The Kier molecular flexibility index (Phi) is 9.49. The highest BCUT2D eigenvalue weighted by Gasteiger charge is 2.49. The third-order valence-corrected chi connectivity index (χ3v) is 4.78. The van der Waals surface area contributed by atoms with E-state index in [2.05, 4.69) is 10.6 Å². The third-order valence-electron chi connectivity index (χ3n) is 4.78. The fourth-order valence-corrected chi connectivity index (χ4v) is 3.30. The number of hydrogen-bond donors (Lipinski definition) is 10. The summed E-state index contributed by atoms with van der Waals surface area (Å²) in [5, 5.41) is 82.2. The van der Waals surface area contributed by atoms with Crippen molar-refractivity contribution >= 4 is 11.9 Å². The molecule has 0 spiro atoms. The maximum atomic E-state index is 10.8. The van der Waals surface area contributed by atoms with Gasteiger partial charge in [0, 0.05) is 12.3 Å². The highest BCUT2D eigenvalue weighted by Crippen LogP contribution is 2.30. The van der Waals surface area contributed by atoms with Gasteiger partial charge in [-0.1, -0.05) is 0 Å². The normalized spacial score (nSPS) is 33.4. The monoisotopic (exact) mass is 396 g/mol. The number of hydrogen-bond acceptors (Lipinski definition) is 10. The summed E-state index contributed by atoms with van der Waals surface area (Å²) in [6.07, 6.45) is -6.38. The van der Waals surface area contributed by atoms with Gasteiger partial charge in [0.25, 0.3) is 0 Å². The molecule has 27 heavy (non-hydrogen) atoms. The van der Waals surface area contributed by atoms with E-state index in [0.29, 0.717) is 0 Å². The number of aliphatic hydroxyl groups excluding tert-OH is 6. The Morgan fingerprint density at radius 1 is 0.889 bits per heavy atom. The molecule has 1 aliphatic rings. The Bertz CT molecular complexity index is 461. The SMILES string of the molecule is O=C(O)CC[C@H]1[C@@H](O)[C@@H](NCC(=O)O)[C@@H](O)[C@@H](NC(CO)C(O)CO)[C@H]1O. The molecule has 1 fully saturated rings. The van der Waals surface area contributed by atoms with Crippen LogP contribution in [0.5, 0.6) is 0 Å². The van der Waals surface area contributed by atoms with Crippen LogP contribution in [-0.2, 0) is 9.59 Å². The van der Waals surface area contributed by atoms with E-state index in [9.17, 15) is 35.1 Å². The molecule has 1 rings (SSSR count). The highest BCUT2D eigenvalue weighted by molar-refractivity contribution is 5.69. The van der Waals surface area contributed by atoms with Gasteiger partial charge in [0.2, 0.25) is 0 Å². The van der Waals surface area contributed by atoms with Crippen LogP contribution in [0.4, 0.5) is 0 Å². The lowest BCUT2D eigenvalue weighted by Gasteiger charge is -2.47. The maximum absolute atomic E-state index is 10.8. The Morgan fingerprint density at radius 2 is 1.48 bits per heavy atom.